The molecule has 2 nitrogen and oxygen atoms in total. The van der Waals surface area contributed by atoms with E-state index in [-0.39, 0.29) is 5.82 Å². The summed E-state index contributed by atoms with van der Waals surface area (Å²) >= 11 is 3.35. The van der Waals surface area contributed by atoms with Gasteiger partial charge in [-0.25, -0.2) is 4.39 Å². The van der Waals surface area contributed by atoms with Crippen LogP contribution in [0.4, 0.5) is 4.39 Å². The van der Waals surface area contributed by atoms with E-state index >= 15 is 0 Å². The van der Waals surface area contributed by atoms with Gasteiger partial charge in [0.1, 0.15) is 5.82 Å². The molecule has 1 N–H and O–H groups in total. The number of rotatable bonds is 3. The predicted octanol–water partition coefficient (Wildman–Crippen LogP) is 2.54. The first-order chi connectivity index (χ1) is 8.07. The van der Waals surface area contributed by atoms with Gasteiger partial charge in [0.25, 0.3) is 0 Å². The third kappa shape index (κ3) is 2.26. The van der Waals surface area contributed by atoms with E-state index in [0.29, 0.717) is 31.1 Å². The molecule has 1 aliphatic heterocycles. The molecule has 0 spiro atoms. The zero-order valence-corrected chi connectivity index (χ0v) is 11.1. The Morgan fingerprint density at radius 1 is 1.41 bits per heavy atom. The van der Waals surface area contributed by atoms with E-state index in [9.17, 15) is 9.50 Å². The summed E-state index contributed by atoms with van der Waals surface area (Å²) in [4.78, 5) is 2.10. The fraction of sp³-hybridized carbons (Fsp3) is 0.538. The van der Waals surface area contributed by atoms with Crippen LogP contribution in [-0.4, -0.2) is 28.7 Å². The van der Waals surface area contributed by atoms with E-state index in [1.54, 1.807) is 6.07 Å². The minimum Gasteiger partial charge on any atom is -0.387 e. The second-order valence-electron chi connectivity index (χ2n) is 5.26. The lowest BCUT2D eigenvalue weighted by molar-refractivity contribution is -0.116. The average molecular weight is 300 g/mol. The smallest absolute Gasteiger partial charge is 0.127 e. The van der Waals surface area contributed by atoms with Crippen molar-refractivity contribution in [3.8, 4) is 0 Å². The summed E-state index contributed by atoms with van der Waals surface area (Å²) in [6.07, 6.45) is 2.30. The van der Waals surface area contributed by atoms with Gasteiger partial charge in [-0.15, -0.1) is 0 Å². The van der Waals surface area contributed by atoms with Crippen LogP contribution in [0, 0.1) is 11.7 Å². The van der Waals surface area contributed by atoms with Crippen LogP contribution >= 0.6 is 15.9 Å². The Morgan fingerprint density at radius 2 is 2.12 bits per heavy atom. The first-order valence-corrected chi connectivity index (χ1v) is 6.75. The zero-order valence-electron chi connectivity index (χ0n) is 9.50. The topological polar surface area (TPSA) is 23.5 Å². The standard InChI is InChI=1S/C13H15BrFNO/c14-11-3-4-12(15)9(5-11)6-16-7-13(17,8-16)10-1-2-10/h3-5,10,17H,1-2,6-8H2. The van der Waals surface area contributed by atoms with E-state index in [4.69, 9.17) is 0 Å². The Hall–Kier alpha value is -0.450. The van der Waals surface area contributed by atoms with Gasteiger partial charge in [-0.05, 0) is 37.0 Å². The van der Waals surface area contributed by atoms with Crippen LogP contribution in [-0.2, 0) is 6.54 Å². The van der Waals surface area contributed by atoms with Crippen LogP contribution in [0.15, 0.2) is 22.7 Å². The molecule has 1 saturated heterocycles. The molecule has 92 valence electrons. The second kappa shape index (κ2) is 4.04. The maximum atomic E-state index is 13.5. The third-order valence-electron chi connectivity index (χ3n) is 3.73. The number of halogens is 2. The molecular weight excluding hydrogens is 285 g/mol. The van der Waals surface area contributed by atoms with Crippen LogP contribution in [0.5, 0.6) is 0 Å². The van der Waals surface area contributed by atoms with E-state index in [2.05, 4.69) is 20.8 Å². The fourth-order valence-electron chi connectivity index (χ4n) is 2.62. The van der Waals surface area contributed by atoms with E-state index < -0.39 is 5.60 Å². The molecule has 1 aliphatic carbocycles. The molecule has 1 heterocycles. The Kier molecular flexibility index (Phi) is 2.76. The van der Waals surface area contributed by atoms with Gasteiger partial charge in [-0.2, -0.15) is 0 Å². The molecule has 2 aliphatic rings. The molecule has 2 fully saturated rings. The highest BCUT2D eigenvalue weighted by Crippen LogP contribution is 2.44. The Morgan fingerprint density at radius 3 is 2.76 bits per heavy atom. The van der Waals surface area contributed by atoms with E-state index in [0.717, 1.165) is 17.3 Å². The summed E-state index contributed by atoms with van der Waals surface area (Å²) in [7, 11) is 0. The van der Waals surface area contributed by atoms with Crippen molar-refractivity contribution >= 4 is 15.9 Å². The van der Waals surface area contributed by atoms with E-state index in [1.165, 1.54) is 6.07 Å². The van der Waals surface area contributed by atoms with Gasteiger partial charge < -0.3 is 5.11 Å². The molecule has 0 bridgehead atoms. The lowest BCUT2D eigenvalue weighted by atomic mass is 9.88. The van der Waals surface area contributed by atoms with Crippen molar-refractivity contribution in [1.29, 1.82) is 0 Å². The normalized spacial score (nSPS) is 23.5. The summed E-state index contributed by atoms with van der Waals surface area (Å²) in [6.45, 7) is 1.95. The van der Waals surface area contributed by atoms with Crippen LogP contribution in [0.3, 0.4) is 0 Å². The summed E-state index contributed by atoms with van der Waals surface area (Å²) in [5, 5.41) is 10.2. The van der Waals surface area contributed by atoms with Gasteiger partial charge in [-0.3, -0.25) is 4.90 Å². The molecule has 1 saturated carbocycles. The lowest BCUT2D eigenvalue weighted by Crippen LogP contribution is -2.62. The van der Waals surface area contributed by atoms with Gasteiger partial charge in [0, 0.05) is 29.7 Å². The first-order valence-electron chi connectivity index (χ1n) is 5.95. The van der Waals surface area contributed by atoms with Crippen molar-refractivity contribution < 1.29 is 9.50 Å². The molecule has 17 heavy (non-hydrogen) atoms. The summed E-state index contributed by atoms with van der Waals surface area (Å²) in [6, 6.07) is 4.99. The predicted molar refractivity (Wildman–Crippen MR) is 67.1 cm³/mol. The third-order valence-corrected chi connectivity index (χ3v) is 4.23. The van der Waals surface area contributed by atoms with Gasteiger partial charge in [0.15, 0.2) is 0 Å². The van der Waals surface area contributed by atoms with Crippen LogP contribution in [0.25, 0.3) is 0 Å². The minimum atomic E-state index is -0.484. The number of nitrogens with zero attached hydrogens (tertiary/aromatic N) is 1. The Labute approximate surface area is 109 Å². The summed E-state index contributed by atoms with van der Waals surface area (Å²) in [5.41, 5.74) is 0.208. The highest BCUT2D eigenvalue weighted by Gasteiger charge is 2.51. The quantitative estimate of drug-likeness (QED) is 0.927. The van der Waals surface area contributed by atoms with Gasteiger partial charge in [0.2, 0.25) is 0 Å². The van der Waals surface area contributed by atoms with Crippen LogP contribution < -0.4 is 0 Å². The number of aliphatic hydroxyl groups is 1. The highest BCUT2D eigenvalue weighted by atomic mass is 79.9. The van der Waals surface area contributed by atoms with Crippen molar-refractivity contribution in [3.05, 3.63) is 34.1 Å². The molecule has 0 aromatic heterocycles. The van der Waals surface area contributed by atoms with Gasteiger partial charge in [0.05, 0.1) is 5.60 Å². The summed E-state index contributed by atoms with van der Waals surface area (Å²) in [5.74, 6) is 0.321. The summed E-state index contributed by atoms with van der Waals surface area (Å²) < 4.78 is 14.4. The SMILES string of the molecule is OC1(C2CC2)CN(Cc2cc(Br)ccc2F)C1. The van der Waals surface area contributed by atoms with Crippen molar-refractivity contribution in [1.82, 2.24) is 4.90 Å². The minimum absolute atomic E-state index is 0.171. The zero-order chi connectivity index (χ0) is 12.0. The monoisotopic (exact) mass is 299 g/mol. The number of hydrogen-bond acceptors (Lipinski definition) is 2. The maximum absolute atomic E-state index is 13.5. The average Bonchev–Trinajstić information content (AvgIpc) is 3.04. The molecule has 1 aromatic carbocycles. The number of β-amino-alcohol motifs (C(OH)–C–C–N with tert-alkyl or cyclic N) is 1. The van der Waals surface area contributed by atoms with Crippen molar-refractivity contribution in [2.24, 2.45) is 5.92 Å². The van der Waals surface area contributed by atoms with Gasteiger partial charge in [-0.1, -0.05) is 15.9 Å². The molecular formula is C13H15BrFNO. The van der Waals surface area contributed by atoms with Crippen LogP contribution in [0.2, 0.25) is 0 Å². The fourth-order valence-corrected chi connectivity index (χ4v) is 3.03. The van der Waals surface area contributed by atoms with Crippen molar-refractivity contribution in [3.63, 3.8) is 0 Å². The van der Waals surface area contributed by atoms with Crippen molar-refractivity contribution in [2.45, 2.75) is 25.0 Å². The van der Waals surface area contributed by atoms with Crippen LogP contribution in [0.1, 0.15) is 18.4 Å². The molecule has 0 atom stereocenters. The number of likely N-dealkylation sites (tertiary alicyclic amines) is 1. The molecule has 0 unspecified atom stereocenters. The molecule has 0 radical (unpaired) electrons. The number of hydrogen-bond donors (Lipinski definition) is 1. The Balaban J connectivity index is 1.63. The largest absolute Gasteiger partial charge is 0.387 e. The highest BCUT2D eigenvalue weighted by molar-refractivity contribution is 9.10. The molecule has 1 aromatic rings. The molecule has 3 rings (SSSR count). The molecule has 4 heteroatoms. The number of benzene rings is 1. The first kappa shape index (κ1) is 11.6. The van der Waals surface area contributed by atoms with Gasteiger partial charge >= 0.3 is 0 Å². The Bertz CT molecular complexity index is 441. The van der Waals surface area contributed by atoms with Crippen molar-refractivity contribution in [2.75, 3.05) is 13.1 Å². The maximum Gasteiger partial charge on any atom is 0.127 e. The lowest BCUT2D eigenvalue weighted by Gasteiger charge is -2.47. The second-order valence-corrected chi connectivity index (χ2v) is 6.17. The van der Waals surface area contributed by atoms with E-state index in [1.807, 2.05) is 6.07 Å². The molecule has 0 amide bonds.